The van der Waals surface area contributed by atoms with E-state index in [4.69, 9.17) is 9.84 Å². The van der Waals surface area contributed by atoms with E-state index in [1.165, 1.54) is 135 Å². The number of rotatable bonds is 35. The summed E-state index contributed by atoms with van der Waals surface area (Å²) in [4.78, 5) is 23.3. The van der Waals surface area contributed by atoms with Gasteiger partial charge in [0.15, 0.2) is 0 Å². The van der Waals surface area contributed by atoms with Crippen molar-refractivity contribution in [2.24, 2.45) is 0 Å². The fraction of sp³-hybridized carbons (Fsp3) is 0.947. The Bertz CT molecular complexity index is 561. The molecule has 0 aliphatic carbocycles. The summed E-state index contributed by atoms with van der Waals surface area (Å²) < 4.78 is 5.99. The number of carboxylic acid groups (broad SMARTS) is 1. The fourth-order valence-electron chi connectivity index (χ4n) is 6.01. The number of hydrogen-bond donors (Lipinski definition) is 1. The van der Waals surface area contributed by atoms with Gasteiger partial charge in [0, 0.05) is 12.8 Å². The molecule has 42 heavy (non-hydrogen) atoms. The van der Waals surface area contributed by atoms with Gasteiger partial charge in [0.05, 0.1) is 0 Å². The minimum absolute atomic E-state index is 0.00704. The van der Waals surface area contributed by atoms with Crippen LogP contribution in [0, 0.1) is 0 Å². The summed E-state index contributed by atoms with van der Waals surface area (Å²) in [6.07, 6.45) is 39.7. The molecule has 0 aromatic heterocycles. The lowest BCUT2D eigenvalue weighted by molar-refractivity contribution is -0.150. The third-order valence-corrected chi connectivity index (χ3v) is 8.83. The van der Waals surface area contributed by atoms with Gasteiger partial charge in [0.1, 0.15) is 6.10 Å². The predicted octanol–water partition coefficient (Wildman–Crippen LogP) is 12.9. The first kappa shape index (κ1) is 40.9. The molecule has 1 unspecified atom stereocenters. The Hall–Kier alpha value is -1.06. The van der Waals surface area contributed by atoms with Gasteiger partial charge in [-0.05, 0) is 38.5 Å². The number of carboxylic acids is 1. The van der Waals surface area contributed by atoms with Crippen LogP contribution in [-0.4, -0.2) is 23.1 Å². The van der Waals surface area contributed by atoms with Crippen LogP contribution in [0.15, 0.2) is 0 Å². The van der Waals surface area contributed by atoms with Crippen molar-refractivity contribution in [1.82, 2.24) is 0 Å². The molecule has 4 nitrogen and oxygen atoms in total. The number of esters is 1. The summed E-state index contributed by atoms with van der Waals surface area (Å²) in [6.45, 7) is 4.55. The van der Waals surface area contributed by atoms with Crippen LogP contribution in [0.5, 0.6) is 0 Å². The van der Waals surface area contributed by atoms with E-state index in [0.717, 1.165) is 64.2 Å². The SMILES string of the molecule is CCCCCCCCCCCCCCCC(=O)OC(CCCCCCCCCCCCC)CCCCCCCC(=O)O. The van der Waals surface area contributed by atoms with E-state index >= 15 is 0 Å². The Morgan fingerprint density at radius 3 is 1.05 bits per heavy atom. The maximum Gasteiger partial charge on any atom is 0.306 e. The van der Waals surface area contributed by atoms with Crippen molar-refractivity contribution in [3.05, 3.63) is 0 Å². The smallest absolute Gasteiger partial charge is 0.306 e. The molecule has 4 heteroatoms. The monoisotopic (exact) mass is 595 g/mol. The number of unbranched alkanes of at least 4 members (excludes halogenated alkanes) is 26. The number of hydrogen-bond acceptors (Lipinski definition) is 3. The van der Waals surface area contributed by atoms with Gasteiger partial charge in [0.2, 0.25) is 0 Å². The van der Waals surface area contributed by atoms with Crippen LogP contribution >= 0.6 is 0 Å². The molecule has 0 rings (SSSR count). The number of aliphatic carboxylic acids is 1. The van der Waals surface area contributed by atoms with Gasteiger partial charge in [0.25, 0.3) is 0 Å². The standard InChI is InChI=1S/C38H74O4/c1-3-5-7-9-11-13-15-16-18-20-22-27-31-35-38(41)42-36(33-29-25-23-26-30-34-37(39)40)32-28-24-21-19-17-14-12-10-8-6-4-2/h36H,3-35H2,1-2H3,(H,39,40). The summed E-state index contributed by atoms with van der Waals surface area (Å²) in [5, 5.41) is 8.80. The second-order valence-electron chi connectivity index (χ2n) is 13.1. The summed E-state index contributed by atoms with van der Waals surface area (Å²) in [6, 6.07) is 0. The fourth-order valence-corrected chi connectivity index (χ4v) is 6.01. The van der Waals surface area contributed by atoms with Crippen molar-refractivity contribution in [1.29, 1.82) is 0 Å². The highest BCUT2D eigenvalue weighted by molar-refractivity contribution is 5.69. The minimum Gasteiger partial charge on any atom is -0.481 e. The highest BCUT2D eigenvalue weighted by Crippen LogP contribution is 2.19. The van der Waals surface area contributed by atoms with E-state index < -0.39 is 5.97 Å². The van der Waals surface area contributed by atoms with E-state index in [9.17, 15) is 9.59 Å². The summed E-state index contributed by atoms with van der Waals surface area (Å²) in [5.74, 6) is -0.690. The molecule has 1 N–H and O–H groups in total. The van der Waals surface area contributed by atoms with Gasteiger partial charge >= 0.3 is 11.9 Å². The van der Waals surface area contributed by atoms with Crippen molar-refractivity contribution >= 4 is 11.9 Å². The molecule has 0 saturated carbocycles. The van der Waals surface area contributed by atoms with Gasteiger partial charge in [-0.1, -0.05) is 174 Å². The second kappa shape index (κ2) is 34.4. The topological polar surface area (TPSA) is 63.6 Å². The average Bonchev–Trinajstić information content (AvgIpc) is 2.97. The summed E-state index contributed by atoms with van der Waals surface area (Å²) >= 11 is 0. The Morgan fingerprint density at radius 1 is 0.429 bits per heavy atom. The molecule has 0 aromatic rings. The van der Waals surface area contributed by atoms with Crippen molar-refractivity contribution < 1.29 is 19.4 Å². The van der Waals surface area contributed by atoms with Crippen LogP contribution in [0.4, 0.5) is 0 Å². The first-order chi connectivity index (χ1) is 20.6. The third-order valence-electron chi connectivity index (χ3n) is 8.83. The van der Waals surface area contributed by atoms with E-state index in [1.807, 2.05) is 0 Å². The van der Waals surface area contributed by atoms with E-state index in [2.05, 4.69) is 13.8 Å². The summed E-state index contributed by atoms with van der Waals surface area (Å²) in [7, 11) is 0. The van der Waals surface area contributed by atoms with Gasteiger partial charge in [-0.15, -0.1) is 0 Å². The van der Waals surface area contributed by atoms with E-state index in [0.29, 0.717) is 6.42 Å². The van der Waals surface area contributed by atoms with Gasteiger partial charge in [-0.25, -0.2) is 0 Å². The van der Waals surface area contributed by atoms with Crippen LogP contribution in [0.3, 0.4) is 0 Å². The van der Waals surface area contributed by atoms with Crippen LogP contribution in [-0.2, 0) is 14.3 Å². The lowest BCUT2D eigenvalue weighted by atomic mass is 10.0. The highest BCUT2D eigenvalue weighted by Gasteiger charge is 2.14. The second-order valence-corrected chi connectivity index (χ2v) is 13.1. The first-order valence-corrected chi connectivity index (χ1v) is 19.0. The molecule has 0 heterocycles. The molecule has 0 spiro atoms. The van der Waals surface area contributed by atoms with Crippen LogP contribution in [0.1, 0.15) is 226 Å². The van der Waals surface area contributed by atoms with Crippen molar-refractivity contribution in [2.75, 3.05) is 0 Å². The molecular weight excluding hydrogens is 520 g/mol. The number of carbonyl (C=O) groups is 2. The Balaban J connectivity index is 4.00. The molecule has 1 atom stereocenters. The molecule has 0 aliphatic heterocycles. The zero-order valence-corrected chi connectivity index (χ0v) is 28.6. The molecule has 0 saturated heterocycles. The maximum absolute atomic E-state index is 12.6. The molecule has 0 fully saturated rings. The first-order valence-electron chi connectivity index (χ1n) is 19.0. The van der Waals surface area contributed by atoms with E-state index in [-0.39, 0.29) is 18.5 Å². The molecule has 0 aromatic carbocycles. The average molecular weight is 595 g/mol. The van der Waals surface area contributed by atoms with Crippen LogP contribution < -0.4 is 0 Å². The lowest BCUT2D eigenvalue weighted by Crippen LogP contribution is -2.18. The number of carbonyl (C=O) groups excluding carboxylic acids is 1. The number of ether oxygens (including phenoxy) is 1. The maximum atomic E-state index is 12.6. The van der Waals surface area contributed by atoms with E-state index in [1.54, 1.807) is 0 Å². The third kappa shape index (κ3) is 33.4. The Morgan fingerprint density at radius 2 is 0.714 bits per heavy atom. The Labute approximate surface area is 262 Å². The summed E-state index contributed by atoms with van der Waals surface area (Å²) in [5.41, 5.74) is 0. The van der Waals surface area contributed by atoms with Crippen LogP contribution in [0.2, 0.25) is 0 Å². The zero-order valence-electron chi connectivity index (χ0n) is 28.6. The quantitative estimate of drug-likeness (QED) is 0.0585. The normalized spacial score (nSPS) is 12.0. The van der Waals surface area contributed by atoms with Gasteiger partial charge in [-0.3, -0.25) is 9.59 Å². The molecule has 250 valence electrons. The predicted molar refractivity (Wildman–Crippen MR) is 181 cm³/mol. The van der Waals surface area contributed by atoms with Crippen molar-refractivity contribution in [3.63, 3.8) is 0 Å². The van der Waals surface area contributed by atoms with Gasteiger partial charge in [-0.2, -0.15) is 0 Å². The van der Waals surface area contributed by atoms with Crippen molar-refractivity contribution in [2.45, 2.75) is 232 Å². The highest BCUT2D eigenvalue weighted by atomic mass is 16.5. The van der Waals surface area contributed by atoms with Gasteiger partial charge < -0.3 is 9.84 Å². The zero-order chi connectivity index (χ0) is 30.8. The van der Waals surface area contributed by atoms with Crippen LogP contribution in [0.25, 0.3) is 0 Å². The lowest BCUT2D eigenvalue weighted by Gasteiger charge is -2.18. The molecule has 0 bridgehead atoms. The minimum atomic E-state index is -0.697. The largest absolute Gasteiger partial charge is 0.481 e. The molecular formula is C38H74O4. The molecule has 0 radical (unpaired) electrons. The van der Waals surface area contributed by atoms with Crippen molar-refractivity contribution in [3.8, 4) is 0 Å². The molecule has 0 aliphatic rings. The Kier molecular flexibility index (Phi) is 33.6. The molecule has 0 amide bonds.